The molecule has 1 atom stereocenters. The number of carbonyl (C=O) groups is 1. The van der Waals surface area contributed by atoms with Crippen LogP contribution in [-0.2, 0) is 17.8 Å². The van der Waals surface area contributed by atoms with Gasteiger partial charge in [0.05, 0.1) is 18.9 Å². The number of quaternary nitrogens is 1. The molecule has 1 amide bonds. The summed E-state index contributed by atoms with van der Waals surface area (Å²) in [4.78, 5) is 22.8. The topological polar surface area (TPSA) is 61.6 Å². The fraction of sp³-hybridized carbons (Fsp3) is 0.250. The van der Waals surface area contributed by atoms with Crippen molar-refractivity contribution in [1.29, 1.82) is 0 Å². The Morgan fingerprint density at radius 3 is 2.49 bits per heavy atom. The molecule has 1 saturated heterocycles. The lowest BCUT2D eigenvalue weighted by molar-refractivity contribution is -0.128. The first-order valence-electron chi connectivity index (χ1n) is 13.5. The first-order valence-corrected chi connectivity index (χ1v) is 13.5. The standard InChI is InChI=1S/C32H33N5O2/c1-34-16-18-35(19-17-34)32(39)30-22-37(2,21-29(30)28-9-5-7-25-6-3-4-8-27(25)28)31-20-33-23-36(31)15-14-24-10-12-26(38)13-11-24/h3-13,20-23H,14-19H2,1-2H3/p+1. The van der Waals surface area contributed by atoms with Gasteiger partial charge in [-0.3, -0.25) is 9.36 Å². The number of phenols is 1. The van der Waals surface area contributed by atoms with Crippen molar-refractivity contribution in [3.8, 4) is 5.75 Å². The van der Waals surface area contributed by atoms with Gasteiger partial charge in [-0.25, -0.2) is 9.47 Å². The van der Waals surface area contributed by atoms with Crippen molar-refractivity contribution in [2.45, 2.75) is 13.0 Å². The molecule has 39 heavy (non-hydrogen) atoms. The number of amides is 1. The first kappa shape index (κ1) is 25.1. The summed E-state index contributed by atoms with van der Waals surface area (Å²) < 4.78 is 2.51. The highest BCUT2D eigenvalue weighted by Crippen LogP contribution is 2.40. The van der Waals surface area contributed by atoms with E-state index in [0.29, 0.717) is 4.48 Å². The third-order valence-corrected chi connectivity index (χ3v) is 7.95. The van der Waals surface area contributed by atoms with Gasteiger partial charge in [0.25, 0.3) is 5.91 Å². The number of phenolic OH excluding ortho intramolecular Hbond substituents is 1. The van der Waals surface area contributed by atoms with E-state index in [1.54, 1.807) is 12.1 Å². The number of likely N-dealkylation sites (N-methyl/N-ethyl adjacent to an activating group) is 1. The zero-order chi connectivity index (χ0) is 27.0. The Bertz CT molecular complexity index is 1570. The van der Waals surface area contributed by atoms with Crippen LogP contribution >= 0.6 is 0 Å². The van der Waals surface area contributed by atoms with E-state index < -0.39 is 0 Å². The molecule has 1 unspecified atom stereocenters. The predicted molar refractivity (Wildman–Crippen MR) is 156 cm³/mol. The summed E-state index contributed by atoms with van der Waals surface area (Å²) in [5.41, 5.74) is 3.91. The Balaban J connectivity index is 1.40. The minimum absolute atomic E-state index is 0.0827. The number of aromatic nitrogens is 2. The Kier molecular flexibility index (Phi) is 6.54. The van der Waals surface area contributed by atoms with Crippen LogP contribution in [0.25, 0.3) is 16.3 Å². The first-order chi connectivity index (χ1) is 18.9. The number of piperazine rings is 1. The van der Waals surface area contributed by atoms with Gasteiger partial charge in [-0.15, -0.1) is 0 Å². The van der Waals surface area contributed by atoms with Crippen LogP contribution in [0.1, 0.15) is 11.1 Å². The van der Waals surface area contributed by atoms with Crippen molar-refractivity contribution in [1.82, 2.24) is 23.8 Å². The summed E-state index contributed by atoms with van der Waals surface area (Å²) in [5, 5.41) is 11.9. The number of carbonyl (C=O) groups excluding carboxylic acids is 1. The highest BCUT2D eigenvalue weighted by Gasteiger charge is 2.39. The average Bonchev–Trinajstić information content (AvgIpc) is 3.58. The van der Waals surface area contributed by atoms with Crippen LogP contribution in [0.5, 0.6) is 5.75 Å². The molecule has 2 aliphatic rings. The minimum atomic E-state index is 0.0827. The molecule has 1 aromatic heterocycles. The van der Waals surface area contributed by atoms with Gasteiger partial charge >= 0.3 is 0 Å². The highest BCUT2D eigenvalue weighted by atomic mass is 16.3. The normalized spacial score (nSPS) is 19.8. The summed E-state index contributed by atoms with van der Waals surface area (Å²) in [7, 11) is 4.22. The molecule has 3 aromatic carbocycles. The van der Waals surface area contributed by atoms with Gasteiger partial charge in [0.1, 0.15) is 29.9 Å². The average molecular weight is 521 g/mol. The van der Waals surface area contributed by atoms with Gasteiger partial charge in [0.2, 0.25) is 5.82 Å². The van der Waals surface area contributed by atoms with E-state index in [9.17, 15) is 9.90 Å². The summed E-state index contributed by atoms with van der Waals surface area (Å²) in [6, 6.07) is 22.0. The Morgan fingerprint density at radius 1 is 0.949 bits per heavy atom. The molecule has 0 spiro atoms. The van der Waals surface area contributed by atoms with Gasteiger partial charge < -0.3 is 14.9 Å². The van der Waals surface area contributed by atoms with Crippen molar-refractivity contribution in [2.75, 3.05) is 40.3 Å². The van der Waals surface area contributed by atoms with E-state index in [0.717, 1.165) is 78.0 Å². The second kappa shape index (κ2) is 10.2. The molecule has 7 nitrogen and oxygen atoms in total. The number of benzene rings is 3. The Labute approximate surface area is 229 Å². The number of aryl methyl sites for hydroxylation is 2. The monoisotopic (exact) mass is 520 g/mol. The molecule has 0 bridgehead atoms. The number of rotatable bonds is 6. The van der Waals surface area contributed by atoms with Crippen LogP contribution in [0.15, 0.2) is 97.2 Å². The van der Waals surface area contributed by atoms with Crippen molar-refractivity contribution in [2.24, 2.45) is 0 Å². The molecule has 4 aromatic rings. The third-order valence-electron chi connectivity index (χ3n) is 7.95. The van der Waals surface area contributed by atoms with E-state index in [-0.39, 0.29) is 11.7 Å². The molecule has 7 heteroatoms. The highest BCUT2D eigenvalue weighted by molar-refractivity contribution is 6.14. The maximum absolute atomic E-state index is 14.1. The zero-order valence-corrected chi connectivity index (χ0v) is 22.5. The van der Waals surface area contributed by atoms with Crippen molar-refractivity contribution in [3.05, 3.63) is 108 Å². The van der Waals surface area contributed by atoms with Crippen molar-refractivity contribution in [3.63, 3.8) is 0 Å². The lowest BCUT2D eigenvalue weighted by Gasteiger charge is -2.32. The number of imidazole rings is 1. The van der Waals surface area contributed by atoms with Gasteiger partial charge in [0, 0.05) is 32.7 Å². The quantitative estimate of drug-likeness (QED) is 0.377. The molecule has 2 aliphatic heterocycles. The molecular weight excluding hydrogens is 486 g/mol. The van der Waals surface area contributed by atoms with Crippen molar-refractivity contribution >= 4 is 28.1 Å². The fourth-order valence-corrected chi connectivity index (χ4v) is 5.67. The minimum Gasteiger partial charge on any atom is -0.508 e. The molecular formula is C32H34N5O2+. The van der Waals surface area contributed by atoms with Crippen molar-refractivity contribution < 1.29 is 9.90 Å². The molecule has 198 valence electrons. The lowest BCUT2D eigenvalue weighted by atomic mass is 9.94. The second-order valence-electron chi connectivity index (χ2n) is 10.7. The van der Waals surface area contributed by atoms with E-state index >= 15 is 0 Å². The molecule has 0 aliphatic carbocycles. The molecule has 3 heterocycles. The molecule has 1 N–H and O–H groups in total. The van der Waals surface area contributed by atoms with Gasteiger partial charge in [-0.2, -0.15) is 0 Å². The molecule has 6 rings (SSSR count). The summed E-state index contributed by atoms with van der Waals surface area (Å²) in [6.45, 7) is 3.94. The Hall–Kier alpha value is -4.20. The van der Waals surface area contributed by atoms with E-state index in [1.807, 2.05) is 35.6 Å². The number of hydrogen-bond acceptors (Lipinski definition) is 4. The van der Waals surface area contributed by atoms with Gasteiger partial charge in [-0.1, -0.05) is 54.6 Å². The second-order valence-corrected chi connectivity index (χ2v) is 10.7. The van der Waals surface area contributed by atoms with Gasteiger partial charge in [0.15, 0.2) is 0 Å². The SMILES string of the molecule is CN1CCN(C(=O)C2=C[N+](C)(c3cncn3CCc3ccc(O)cc3)C=C2c2cccc3ccccc23)CC1. The van der Waals surface area contributed by atoms with Crippen LogP contribution in [-0.4, -0.2) is 70.6 Å². The van der Waals surface area contributed by atoms with Crippen LogP contribution < -0.4 is 4.48 Å². The van der Waals surface area contributed by atoms with E-state index in [1.165, 1.54) is 0 Å². The Morgan fingerprint density at radius 2 is 1.69 bits per heavy atom. The number of fused-ring (bicyclic) bond motifs is 1. The van der Waals surface area contributed by atoms with Gasteiger partial charge in [-0.05, 0) is 47.5 Å². The van der Waals surface area contributed by atoms with Crippen LogP contribution in [0.3, 0.4) is 0 Å². The smallest absolute Gasteiger partial charge is 0.260 e. The number of hydrogen-bond donors (Lipinski definition) is 1. The van der Waals surface area contributed by atoms with E-state index in [4.69, 9.17) is 0 Å². The maximum atomic E-state index is 14.1. The number of aromatic hydroxyl groups is 1. The molecule has 0 saturated carbocycles. The largest absolute Gasteiger partial charge is 0.508 e. The fourth-order valence-electron chi connectivity index (χ4n) is 5.67. The summed E-state index contributed by atoms with van der Waals surface area (Å²) >= 11 is 0. The third kappa shape index (κ3) is 4.87. The summed E-state index contributed by atoms with van der Waals surface area (Å²) in [5.74, 6) is 1.35. The van der Waals surface area contributed by atoms with Crippen LogP contribution in [0.2, 0.25) is 0 Å². The van der Waals surface area contributed by atoms with Crippen LogP contribution in [0, 0.1) is 0 Å². The zero-order valence-electron chi connectivity index (χ0n) is 22.5. The molecule has 1 fully saturated rings. The molecule has 0 radical (unpaired) electrons. The summed E-state index contributed by atoms with van der Waals surface area (Å²) in [6.07, 6.45) is 8.85. The predicted octanol–water partition coefficient (Wildman–Crippen LogP) is 4.63. The van der Waals surface area contributed by atoms with E-state index in [2.05, 4.69) is 77.3 Å². The number of nitrogens with zero attached hydrogens (tertiary/aromatic N) is 5. The van der Waals surface area contributed by atoms with Crippen LogP contribution in [0.4, 0.5) is 5.82 Å². The maximum Gasteiger partial charge on any atom is 0.260 e. The lowest BCUT2D eigenvalue weighted by Crippen LogP contribution is -2.47.